The Bertz CT molecular complexity index is 304. The maximum Gasteiger partial charge on any atom is 0.226 e. The normalized spacial score (nSPS) is 16.5. The SMILES string of the molecule is CCC1(C(=O)NCCN(C)CCOCCOC(C)C)CC1. The molecule has 1 aliphatic rings. The molecule has 1 amide bonds. The fourth-order valence-electron chi connectivity index (χ4n) is 2.22. The molecule has 0 spiro atoms. The number of hydrogen-bond acceptors (Lipinski definition) is 4. The van der Waals surface area contributed by atoms with Gasteiger partial charge in [-0.1, -0.05) is 6.92 Å². The molecule has 0 aromatic heterocycles. The van der Waals surface area contributed by atoms with Gasteiger partial charge in [0.1, 0.15) is 0 Å². The quantitative estimate of drug-likeness (QED) is 0.557. The second-order valence-corrected chi connectivity index (χ2v) is 6.22. The molecule has 0 aromatic rings. The highest BCUT2D eigenvalue weighted by atomic mass is 16.5. The first kappa shape index (κ1) is 18.4. The van der Waals surface area contributed by atoms with Gasteiger partial charge in [-0.25, -0.2) is 0 Å². The van der Waals surface area contributed by atoms with Crippen LogP contribution in [0.4, 0.5) is 0 Å². The van der Waals surface area contributed by atoms with Gasteiger partial charge in [-0.15, -0.1) is 0 Å². The zero-order valence-corrected chi connectivity index (χ0v) is 14.1. The van der Waals surface area contributed by atoms with Crippen LogP contribution in [0, 0.1) is 5.41 Å². The van der Waals surface area contributed by atoms with Crippen molar-refractivity contribution in [2.24, 2.45) is 5.41 Å². The molecule has 0 radical (unpaired) electrons. The molecule has 0 aromatic carbocycles. The minimum atomic E-state index is -0.0297. The van der Waals surface area contributed by atoms with Gasteiger partial charge in [0.2, 0.25) is 5.91 Å². The summed E-state index contributed by atoms with van der Waals surface area (Å²) in [5.41, 5.74) is -0.0297. The van der Waals surface area contributed by atoms with Crippen molar-refractivity contribution in [3.63, 3.8) is 0 Å². The van der Waals surface area contributed by atoms with E-state index in [2.05, 4.69) is 17.1 Å². The van der Waals surface area contributed by atoms with Gasteiger partial charge in [-0.05, 0) is 40.2 Å². The number of hydrogen-bond donors (Lipinski definition) is 1. The smallest absolute Gasteiger partial charge is 0.226 e. The predicted octanol–water partition coefficient (Wildman–Crippen LogP) is 1.67. The summed E-state index contributed by atoms with van der Waals surface area (Å²) in [6.07, 6.45) is 3.33. The molecule has 5 nitrogen and oxygen atoms in total. The lowest BCUT2D eigenvalue weighted by molar-refractivity contribution is -0.126. The van der Waals surface area contributed by atoms with Crippen LogP contribution in [0.2, 0.25) is 0 Å². The van der Waals surface area contributed by atoms with Crippen molar-refractivity contribution in [2.45, 2.75) is 46.1 Å². The standard InChI is InChI=1S/C16H32N2O3/c1-5-16(6-7-16)15(19)17-8-9-18(4)10-11-20-12-13-21-14(2)3/h14H,5-13H2,1-4H3,(H,17,19). The number of carbonyl (C=O) groups is 1. The van der Waals surface area contributed by atoms with E-state index in [4.69, 9.17) is 9.47 Å². The third-order valence-electron chi connectivity index (χ3n) is 4.09. The topological polar surface area (TPSA) is 50.8 Å². The number of ether oxygens (including phenoxy) is 2. The van der Waals surface area contributed by atoms with Gasteiger partial charge < -0.3 is 19.7 Å². The second-order valence-electron chi connectivity index (χ2n) is 6.22. The highest BCUT2D eigenvalue weighted by Gasteiger charge is 2.47. The first-order chi connectivity index (χ1) is 10.00. The molecule has 0 unspecified atom stereocenters. The molecule has 0 aliphatic heterocycles. The first-order valence-corrected chi connectivity index (χ1v) is 8.16. The average Bonchev–Trinajstić information content (AvgIpc) is 3.23. The molecule has 0 saturated heterocycles. The molecular weight excluding hydrogens is 268 g/mol. The van der Waals surface area contributed by atoms with E-state index in [0.29, 0.717) is 26.4 Å². The summed E-state index contributed by atoms with van der Waals surface area (Å²) >= 11 is 0. The van der Waals surface area contributed by atoms with E-state index in [0.717, 1.165) is 32.4 Å². The Morgan fingerprint density at radius 1 is 1.24 bits per heavy atom. The lowest BCUT2D eigenvalue weighted by Gasteiger charge is -2.18. The summed E-state index contributed by atoms with van der Waals surface area (Å²) in [5.74, 6) is 0.237. The van der Waals surface area contributed by atoms with E-state index in [-0.39, 0.29) is 17.4 Å². The molecule has 1 aliphatic carbocycles. The summed E-state index contributed by atoms with van der Waals surface area (Å²) in [6, 6.07) is 0. The van der Waals surface area contributed by atoms with E-state index in [1.165, 1.54) is 0 Å². The van der Waals surface area contributed by atoms with Crippen LogP contribution in [0.3, 0.4) is 0 Å². The van der Waals surface area contributed by atoms with Crippen molar-refractivity contribution in [3.8, 4) is 0 Å². The Labute approximate surface area is 129 Å². The molecule has 1 N–H and O–H groups in total. The highest BCUT2D eigenvalue weighted by Crippen LogP contribution is 2.48. The number of amides is 1. The van der Waals surface area contributed by atoms with Gasteiger partial charge in [0.05, 0.1) is 25.9 Å². The fourth-order valence-corrected chi connectivity index (χ4v) is 2.22. The molecule has 124 valence electrons. The van der Waals surface area contributed by atoms with Crippen LogP contribution in [0.5, 0.6) is 0 Å². The maximum atomic E-state index is 12.0. The molecule has 5 heteroatoms. The Hall–Kier alpha value is -0.650. The van der Waals surface area contributed by atoms with E-state index < -0.39 is 0 Å². The molecular formula is C16H32N2O3. The van der Waals surface area contributed by atoms with Crippen LogP contribution in [-0.2, 0) is 14.3 Å². The van der Waals surface area contributed by atoms with Crippen LogP contribution < -0.4 is 5.32 Å². The van der Waals surface area contributed by atoms with Crippen molar-refractivity contribution >= 4 is 5.91 Å². The minimum Gasteiger partial charge on any atom is -0.378 e. The zero-order valence-electron chi connectivity index (χ0n) is 14.1. The van der Waals surface area contributed by atoms with Crippen molar-refractivity contribution in [3.05, 3.63) is 0 Å². The highest BCUT2D eigenvalue weighted by molar-refractivity contribution is 5.85. The third kappa shape index (κ3) is 7.25. The van der Waals surface area contributed by atoms with E-state index >= 15 is 0 Å². The van der Waals surface area contributed by atoms with Gasteiger partial charge >= 0.3 is 0 Å². The molecule has 0 bridgehead atoms. The lowest BCUT2D eigenvalue weighted by Crippen LogP contribution is -2.38. The van der Waals surface area contributed by atoms with Gasteiger partial charge in [0.25, 0.3) is 0 Å². The van der Waals surface area contributed by atoms with Crippen LogP contribution in [0.25, 0.3) is 0 Å². The summed E-state index contributed by atoms with van der Waals surface area (Å²) in [4.78, 5) is 14.1. The van der Waals surface area contributed by atoms with Crippen molar-refractivity contribution in [1.29, 1.82) is 0 Å². The minimum absolute atomic E-state index is 0.0297. The second kappa shape index (κ2) is 9.38. The third-order valence-corrected chi connectivity index (χ3v) is 4.09. The monoisotopic (exact) mass is 300 g/mol. The van der Waals surface area contributed by atoms with Crippen LogP contribution in [0.1, 0.15) is 40.0 Å². The summed E-state index contributed by atoms with van der Waals surface area (Å²) in [5, 5.41) is 3.05. The first-order valence-electron chi connectivity index (χ1n) is 8.16. The number of nitrogens with zero attached hydrogens (tertiary/aromatic N) is 1. The van der Waals surface area contributed by atoms with Crippen molar-refractivity contribution < 1.29 is 14.3 Å². The predicted molar refractivity (Wildman–Crippen MR) is 84.4 cm³/mol. The summed E-state index contributed by atoms with van der Waals surface area (Å²) in [6.45, 7) is 10.6. The van der Waals surface area contributed by atoms with Crippen LogP contribution in [0.15, 0.2) is 0 Å². The summed E-state index contributed by atoms with van der Waals surface area (Å²) in [7, 11) is 2.05. The van der Waals surface area contributed by atoms with Gasteiger partial charge in [-0.3, -0.25) is 4.79 Å². The van der Waals surface area contributed by atoms with E-state index in [9.17, 15) is 4.79 Å². The van der Waals surface area contributed by atoms with E-state index in [1.807, 2.05) is 20.9 Å². The number of carbonyl (C=O) groups excluding carboxylic acids is 1. The van der Waals surface area contributed by atoms with E-state index in [1.54, 1.807) is 0 Å². The molecule has 1 saturated carbocycles. The molecule has 0 heterocycles. The number of rotatable bonds is 12. The Morgan fingerprint density at radius 2 is 1.95 bits per heavy atom. The molecule has 1 fully saturated rings. The Balaban J connectivity index is 1.94. The summed E-state index contributed by atoms with van der Waals surface area (Å²) < 4.78 is 10.9. The van der Waals surface area contributed by atoms with Crippen LogP contribution in [-0.4, -0.2) is 63.4 Å². The Kier molecular flexibility index (Phi) is 8.22. The number of likely N-dealkylation sites (N-methyl/N-ethyl adjacent to an activating group) is 1. The lowest BCUT2D eigenvalue weighted by atomic mass is 10.0. The fraction of sp³-hybridized carbons (Fsp3) is 0.938. The van der Waals surface area contributed by atoms with Crippen molar-refractivity contribution in [2.75, 3.05) is 46.5 Å². The Morgan fingerprint density at radius 3 is 2.52 bits per heavy atom. The van der Waals surface area contributed by atoms with Gasteiger partial charge in [0, 0.05) is 25.0 Å². The zero-order chi connectivity index (χ0) is 15.7. The van der Waals surface area contributed by atoms with Gasteiger partial charge in [-0.2, -0.15) is 0 Å². The maximum absolute atomic E-state index is 12.0. The molecule has 21 heavy (non-hydrogen) atoms. The molecule has 1 rings (SSSR count). The average molecular weight is 300 g/mol. The van der Waals surface area contributed by atoms with Gasteiger partial charge in [0.15, 0.2) is 0 Å². The largest absolute Gasteiger partial charge is 0.378 e. The number of nitrogens with one attached hydrogen (secondary N) is 1. The molecule has 0 atom stereocenters. The van der Waals surface area contributed by atoms with Crippen LogP contribution >= 0.6 is 0 Å². The van der Waals surface area contributed by atoms with Crippen molar-refractivity contribution in [1.82, 2.24) is 10.2 Å².